The van der Waals surface area contributed by atoms with Gasteiger partial charge in [-0.2, -0.15) is 0 Å². The van der Waals surface area contributed by atoms with E-state index in [2.05, 4.69) is 20.8 Å². The van der Waals surface area contributed by atoms with E-state index in [0.29, 0.717) is 12.1 Å². The van der Waals surface area contributed by atoms with Crippen LogP contribution in [0.5, 0.6) is 0 Å². The van der Waals surface area contributed by atoms with Crippen molar-refractivity contribution in [1.29, 1.82) is 0 Å². The second kappa shape index (κ2) is 5.23. The van der Waals surface area contributed by atoms with Crippen LogP contribution in [-0.2, 0) is 6.54 Å². The Kier molecular flexibility index (Phi) is 3.92. The molecule has 1 aromatic rings. The van der Waals surface area contributed by atoms with E-state index < -0.39 is 5.82 Å². The van der Waals surface area contributed by atoms with Gasteiger partial charge >= 0.3 is 0 Å². The number of nitrogens with zero attached hydrogens (tertiary/aromatic N) is 1. The summed E-state index contributed by atoms with van der Waals surface area (Å²) in [5.41, 5.74) is 0.432. The number of likely N-dealkylation sites (tertiary alicyclic amines) is 1. The molecule has 0 N–H and O–H groups in total. The van der Waals surface area contributed by atoms with Crippen molar-refractivity contribution in [3.05, 3.63) is 33.8 Å². The van der Waals surface area contributed by atoms with Gasteiger partial charge in [-0.15, -0.1) is 0 Å². The molecule has 0 radical (unpaired) electrons. The highest BCUT2D eigenvalue weighted by Crippen LogP contribution is 2.25. The molecule has 1 aliphatic heterocycles. The maximum absolute atomic E-state index is 13.6. The zero-order valence-corrected chi connectivity index (χ0v) is 10.6. The van der Waals surface area contributed by atoms with Gasteiger partial charge in [0.1, 0.15) is 11.6 Å². The van der Waals surface area contributed by atoms with Crippen molar-refractivity contribution in [2.24, 2.45) is 0 Å². The average Bonchev–Trinajstić information content (AvgIpc) is 2.31. The van der Waals surface area contributed by atoms with Crippen LogP contribution in [0, 0.1) is 11.6 Å². The molecule has 0 bridgehead atoms. The fraction of sp³-hybridized carbons (Fsp3) is 0.500. The molecule has 0 atom stereocenters. The molecule has 1 heterocycles. The Labute approximate surface area is 103 Å². The fourth-order valence-electron chi connectivity index (χ4n) is 2.06. The molecule has 1 aliphatic rings. The molecule has 0 amide bonds. The van der Waals surface area contributed by atoms with Gasteiger partial charge in [-0.3, -0.25) is 4.90 Å². The van der Waals surface area contributed by atoms with E-state index in [4.69, 9.17) is 0 Å². The highest BCUT2D eigenvalue weighted by Gasteiger charge is 2.16. The third-order valence-electron chi connectivity index (χ3n) is 2.97. The summed E-state index contributed by atoms with van der Waals surface area (Å²) in [5, 5.41) is 0. The van der Waals surface area contributed by atoms with Gasteiger partial charge in [-0.1, -0.05) is 6.42 Å². The lowest BCUT2D eigenvalue weighted by Gasteiger charge is -2.27. The van der Waals surface area contributed by atoms with Crippen molar-refractivity contribution >= 4 is 15.9 Å². The fourth-order valence-corrected chi connectivity index (χ4v) is 2.50. The van der Waals surface area contributed by atoms with E-state index in [-0.39, 0.29) is 10.3 Å². The summed E-state index contributed by atoms with van der Waals surface area (Å²) in [6, 6.07) is 2.35. The molecule has 16 heavy (non-hydrogen) atoms. The molecule has 0 spiro atoms. The minimum Gasteiger partial charge on any atom is -0.299 e. The van der Waals surface area contributed by atoms with E-state index >= 15 is 0 Å². The van der Waals surface area contributed by atoms with Crippen molar-refractivity contribution in [2.75, 3.05) is 13.1 Å². The molecule has 4 heteroatoms. The molecule has 1 nitrogen and oxygen atoms in total. The van der Waals surface area contributed by atoms with Gasteiger partial charge in [0.05, 0.1) is 4.47 Å². The van der Waals surface area contributed by atoms with Crippen molar-refractivity contribution < 1.29 is 8.78 Å². The molecular formula is C12H14BrF2N. The molecule has 1 saturated heterocycles. The van der Waals surface area contributed by atoms with E-state index in [1.165, 1.54) is 12.5 Å². The van der Waals surface area contributed by atoms with E-state index in [9.17, 15) is 8.78 Å². The third kappa shape index (κ3) is 2.61. The number of hydrogen-bond donors (Lipinski definition) is 0. The van der Waals surface area contributed by atoms with Crippen LogP contribution in [0.3, 0.4) is 0 Å². The topological polar surface area (TPSA) is 3.24 Å². The number of halogens is 3. The summed E-state index contributed by atoms with van der Waals surface area (Å²) in [4.78, 5) is 2.17. The van der Waals surface area contributed by atoms with Gasteiger partial charge in [0.25, 0.3) is 0 Å². The standard InChI is InChI=1S/C12H14BrF2N/c13-12-9(10(14)4-5-11(12)15)8-16-6-2-1-3-7-16/h4-5H,1-3,6-8H2. The van der Waals surface area contributed by atoms with Crippen LogP contribution in [-0.4, -0.2) is 18.0 Å². The summed E-state index contributed by atoms with van der Waals surface area (Å²) in [7, 11) is 0. The number of hydrogen-bond acceptors (Lipinski definition) is 1. The zero-order valence-electron chi connectivity index (χ0n) is 8.98. The van der Waals surface area contributed by atoms with E-state index in [0.717, 1.165) is 32.0 Å². The zero-order chi connectivity index (χ0) is 11.5. The van der Waals surface area contributed by atoms with Crippen LogP contribution in [0.1, 0.15) is 24.8 Å². The first kappa shape index (κ1) is 12.0. The lowest BCUT2D eigenvalue weighted by Crippen LogP contribution is -2.29. The Morgan fingerprint density at radius 1 is 1.06 bits per heavy atom. The van der Waals surface area contributed by atoms with Crippen molar-refractivity contribution in [1.82, 2.24) is 4.90 Å². The van der Waals surface area contributed by atoms with Crippen LogP contribution in [0.15, 0.2) is 16.6 Å². The van der Waals surface area contributed by atoms with Crippen LogP contribution in [0.4, 0.5) is 8.78 Å². The monoisotopic (exact) mass is 289 g/mol. The van der Waals surface area contributed by atoms with Gasteiger partial charge in [0.15, 0.2) is 0 Å². The van der Waals surface area contributed by atoms with E-state index in [1.54, 1.807) is 0 Å². The van der Waals surface area contributed by atoms with Gasteiger partial charge in [-0.25, -0.2) is 8.78 Å². The van der Waals surface area contributed by atoms with Gasteiger partial charge in [0.2, 0.25) is 0 Å². The Morgan fingerprint density at radius 3 is 2.38 bits per heavy atom. The van der Waals surface area contributed by atoms with Crippen molar-refractivity contribution in [3.63, 3.8) is 0 Å². The lowest BCUT2D eigenvalue weighted by molar-refractivity contribution is 0.217. The van der Waals surface area contributed by atoms with Crippen molar-refractivity contribution in [3.8, 4) is 0 Å². The third-order valence-corrected chi connectivity index (χ3v) is 3.83. The maximum atomic E-state index is 13.6. The van der Waals surface area contributed by atoms with Gasteiger partial charge in [0, 0.05) is 12.1 Å². The molecule has 2 rings (SSSR count). The summed E-state index contributed by atoms with van der Waals surface area (Å²) in [6.45, 7) is 2.44. The molecule has 0 aromatic heterocycles. The van der Waals surface area contributed by atoms with Gasteiger partial charge in [-0.05, 0) is 54.0 Å². The van der Waals surface area contributed by atoms with Crippen LogP contribution in [0.25, 0.3) is 0 Å². The second-order valence-corrected chi connectivity index (χ2v) is 4.95. The Hall–Kier alpha value is -0.480. The summed E-state index contributed by atoms with van der Waals surface area (Å²) < 4.78 is 27.1. The molecular weight excluding hydrogens is 276 g/mol. The Balaban J connectivity index is 2.16. The predicted octanol–water partition coefficient (Wildman–Crippen LogP) is 3.71. The molecule has 1 fully saturated rings. The minimum atomic E-state index is -0.395. The molecule has 0 aliphatic carbocycles. The molecule has 88 valence electrons. The number of rotatable bonds is 2. The normalized spacial score (nSPS) is 17.7. The molecule has 0 saturated carbocycles. The number of benzene rings is 1. The average molecular weight is 290 g/mol. The first-order chi connectivity index (χ1) is 7.68. The first-order valence-corrected chi connectivity index (χ1v) is 6.32. The minimum absolute atomic E-state index is 0.262. The first-order valence-electron chi connectivity index (χ1n) is 5.53. The molecule has 0 unspecified atom stereocenters. The quantitative estimate of drug-likeness (QED) is 0.750. The van der Waals surface area contributed by atoms with Crippen LogP contribution >= 0.6 is 15.9 Å². The van der Waals surface area contributed by atoms with Crippen molar-refractivity contribution in [2.45, 2.75) is 25.8 Å². The summed E-state index contributed by atoms with van der Waals surface area (Å²) in [6.07, 6.45) is 3.53. The largest absolute Gasteiger partial charge is 0.299 e. The SMILES string of the molecule is Fc1ccc(F)c(CN2CCCCC2)c1Br. The summed E-state index contributed by atoms with van der Waals surface area (Å²) >= 11 is 3.12. The maximum Gasteiger partial charge on any atom is 0.137 e. The highest BCUT2D eigenvalue weighted by molar-refractivity contribution is 9.10. The highest BCUT2D eigenvalue weighted by atomic mass is 79.9. The Morgan fingerprint density at radius 2 is 1.69 bits per heavy atom. The number of piperidine rings is 1. The van der Waals surface area contributed by atoms with Crippen LogP contribution < -0.4 is 0 Å². The Bertz CT molecular complexity index is 376. The van der Waals surface area contributed by atoms with Gasteiger partial charge < -0.3 is 0 Å². The smallest absolute Gasteiger partial charge is 0.137 e. The van der Waals surface area contributed by atoms with Crippen LogP contribution in [0.2, 0.25) is 0 Å². The predicted molar refractivity (Wildman–Crippen MR) is 63.2 cm³/mol. The second-order valence-electron chi connectivity index (χ2n) is 4.16. The summed E-state index contributed by atoms with van der Waals surface area (Å²) in [5.74, 6) is -0.729. The lowest BCUT2D eigenvalue weighted by atomic mass is 10.1. The van der Waals surface area contributed by atoms with E-state index in [1.807, 2.05) is 0 Å². The molecule has 1 aromatic carbocycles.